The molecule has 1 N–H and O–H groups in total. The maximum Gasteiger partial charge on any atom is 0.162 e. The number of methoxy groups -OCH3 is 1. The molecule has 2 heterocycles. The number of piperidine rings is 1. The predicted molar refractivity (Wildman–Crippen MR) is 68.6 cm³/mol. The highest BCUT2D eigenvalue weighted by Crippen LogP contribution is 2.37. The first-order chi connectivity index (χ1) is 8.65. The van der Waals surface area contributed by atoms with Crippen LogP contribution in [-0.4, -0.2) is 30.0 Å². The number of hydrogen-bond donors (Lipinski definition) is 1. The van der Waals surface area contributed by atoms with Crippen LogP contribution in [0, 0.1) is 5.92 Å². The summed E-state index contributed by atoms with van der Waals surface area (Å²) in [5, 5.41) is 7.49. The predicted octanol–water partition coefficient (Wildman–Crippen LogP) is 2.48. The van der Waals surface area contributed by atoms with E-state index in [1.54, 1.807) is 18.0 Å². The number of hydrogen-bond acceptors (Lipinski definition) is 3. The summed E-state index contributed by atoms with van der Waals surface area (Å²) < 4.78 is 21.7. The van der Waals surface area contributed by atoms with Gasteiger partial charge in [-0.25, -0.2) is 4.39 Å². The van der Waals surface area contributed by atoms with E-state index < -0.39 is 6.17 Å². The average Bonchev–Trinajstić information content (AvgIpc) is 2.82. The maximum atomic E-state index is 14.7. The van der Waals surface area contributed by atoms with Crippen molar-refractivity contribution in [3.63, 3.8) is 0 Å². The van der Waals surface area contributed by atoms with Gasteiger partial charge in [0.2, 0.25) is 0 Å². The third-order valence-corrected chi connectivity index (χ3v) is 3.52. The molecule has 0 amide bonds. The van der Waals surface area contributed by atoms with Crippen molar-refractivity contribution in [1.82, 2.24) is 15.1 Å². The van der Waals surface area contributed by atoms with Crippen molar-refractivity contribution in [2.45, 2.75) is 38.9 Å². The molecule has 5 heteroatoms. The molecule has 0 radical (unpaired) electrons. The second kappa shape index (κ2) is 5.69. The molecule has 0 bridgehead atoms. The summed E-state index contributed by atoms with van der Waals surface area (Å²) in [6.07, 6.45) is 2.54. The van der Waals surface area contributed by atoms with Gasteiger partial charge in [-0.2, -0.15) is 5.10 Å². The molecule has 1 aromatic rings. The van der Waals surface area contributed by atoms with E-state index in [1.165, 1.54) is 0 Å². The second-order valence-electron chi connectivity index (χ2n) is 5.14. The van der Waals surface area contributed by atoms with E-state index in [-0.39, 0.29) is 12.0 Å². The van der Waals surface area contributed by atoms with Gasteiger partial charge in [0, 0.05) is 18.5 Å². The Morgan fingerprint density at radius 1 is 1.56 bits per heavy atom. The number of halogens is 1. The molecule has 0 spiro atoms. The summed E-state index contributed by atoms with van der Waals surface area (Å²) in [4.78, 5) is 0. The fourth-order valence-corrected chi connectivity index (χ4v) is 2.54. The molecule has 2 atom stereocenters. The Hall–Kier alpha value is -1.10. The van der Waals surface area contributed by atoms with E-state index in [0.29, 0.717) is 11.4 Å². The van der Waals surface area contributed by atoms with Crippen molar-refractivity contribution in [2.75, 3.05) is 20.2 Å². The van der Waals surface area contributed by atoms with Crippen LogP contribution in [0.5, 0.6) is 5.75 Å². The number of aromatic nitrogens is 2. The summed E-state index contributed by atoms with van der Waals surface area (Å²) in [6.45, 7) is 5.72. The highest BCUT2D eigenvalue weighted by molar-refractivity contribution is 5.28. The van der Waals surface area contributed by atoms with Crippen molar-refractivity contribution in [1.29, 1.82) is 0 Å². The van der Waals surface area contributed by atoms with E-state index >= 15 is 0 Å². The second-order valence-corrected chi connectivity index (χ2v) is 5.14. The Balaban J connectivity index is 2.26. The zero-order valence-corrected chi connectivity index (χ0v) is 11.3. The quantitative estimate of drug-likeness (QED) is 0.898. The van der Waals surface area contributed by atoms with E-state index in [4.69, 9.17) is 4.74 Å². The summed E-state index contributed by atoms with van der Waals surface area (Å²) in [5.74, 6) is 0.573. The molecule has 0 aromatic carbocycles. The SMILES string of the molecule is COc1cnn(C(C)C)c1C(F)C1CCCNC1. The van der Waals surface area contributed by atoms with Crippen molar-refractivity contribution in [3.8, 4) is 5.75 Å². The monoisotopic (exact) mass is 255 g/mol. The van der Waals surface area contributed by atoms with Crippen molar-refractivity contribution in [2.24, 2.45) is 5.92 Å². The Bertz CT molecular complexity index is 386. The van der Waals surface area contributed by atoms with E-state index in [9.17, 15) is 4.39 Å². The van der Waals surface area contributed by atoms with Gasteiger partial charge in [0.05, 0.1) is 13.3 Å². The number of rotatable bonds is 4. The summed E-state index contributed by atoms with van der Waals surface area (Å²) >= 11 is 0. The molecular formula is C13H22FN3O. The smallest absolute Gasteiger partial charge is 0.162 e. The first-order valence-corrected chi connectivity index (χ1v) is 6.61. The number of nitrogens with zero attached hydrogens (tertiary/aromatic N) is 2. The van der Waals surface area contributed by atoms with Crippen LogP contribution in [0.25, 0.3) is 0 Å². The van der Waals surface area contributed by atoms with Crippen LogP contribution in [0.15, 0.2) is 6.20 Å². The molecule has 1 aromatic heterocycles. The highest BCUT2D eigenvalue weighted by Gasteiger charge is 2.31. The normalized spacial score (nSPS) is 22.2. The maximum absolute atomic E-state index is 14.7. The molecular weight excluding hydrogens is 233 g/mol. The van der Waals surface area contributed by atoms with Gasteiger partial charge in [0.1, 0.15) is 11.9 Å². The van der Waals surface area contributed by atoms with Crippen LogP contribution >= 0.6 is 0 Å². The van der Waals surface area contributed by atoms with Gasteiger partial charge in [0.25, 0.3) is 0 Å². The van der Waals surface area contributed by atoms with Crippen molar-refractivity contribution >= 4 is 0 Å². The lowest BCUT2D eigenvalue weighted by atomic mass is 9.92. The van der Waals surface area contributed by atoms with Crippen LogP contribution in [0.1, 0.15) is 44.6 Å². The Morgan fingerprint density at radius 2 is 2.33 bits per heavy atom. The first-order valence-electron chi connectivity index (χ1n) is 6.61. The third-order valence-electron chi connectivity index (χ3n) is 3.52. The summed E-state index contributed by atoms with van der Waals surface area (Å²) in [7, 11) is 1.57. The number of nitrogens with one attached hydrogen (secondary N) is 1. The Morgan fingerprint density at radius 3 is 2.89 bits per heavy atom. The van der Waals surface area contributed by atoms with Gasteiger partial charge < -0.3 is 10.1 Å². The Kier molecular flexibility index (Phi) is 4.22. The standard InChI is InChI=1S/C13H22FN3O/c1-9(2)17-13(11(18-3)8-16-17)12(14)10-5-4-6-15-7-10/h8-10,12,15H,4-7H2,1-3H3. The summed E-state index contributed by atoms with van der Waals surface area (Å²) in [5.41, 5.74) is 0.584. The van der Waals surface area contributed by atoms with E-state index in [1.807, 2.05) is 13.8 Å². The minimum atomic E-state index is -1.02. The zero-order valence-electron chi connectivity index (χ0n) is 11.3. The van der Waals surface area contributed by atoms with Crippen LogP contribution in [-0.2, 0) is 0 Å². The zero-order chi connectivity index (χ0) is 13.1. The molecule has 2 unspecified atom stereocenters. The number of alkyl halides is 1. The molecule has 0 aliphatic carbocycles. The first kappa shape index (κ1) is 13.3. The van der Waals surface area contributed by atoms with Gasteiger partial charge in [-0.05, 0) is 33.2 Å². The molecule has 1 aliphatic heterocycles. The van der Waals surface area contributed by atoms with Gasteiger partial charge in [-0.1, -0.05) is 0 Å². The van der Waals surface area contributed by atoms with Gasteiger partial charge in [-0.15, -0.1) is 0 Å². The molecule has 1 fully saturated rings. The van der Waals surface area contributed by atoms with Gasteiger partial charge in [-0.3, -0.25) is 4.68 Å². The highest BCUT2D eigenvalue weighted by atomic mass is 19.1. The molecule has 102 valence electrons. The Labute approximate surface area is 108 Å². The van der Waals surface area contributed by atoms with Crippen molar-refractivity contribution < 1.29 is 9.13 Å². The minimum Gasteiger partial charge on any atom is -0.493 e. The number of ether oxygens (including phenoxy) is 1. The van der Waals surface area contributed by atoms with E-state index in [2.05, 4.69) is 10.4 Å². The molecule has 1 saturated heterocycles. The molecule has 2 rings (SSSR count). The van der Waals surface area contributed by atoms with Crippen LogP contribution in [0.4, 0.5) is 4.39 Å². The van der Waals surface area contributed by atoms with Crippen molar-refractivity contribution in [3.05, 3.63) is 11.9 Å². The largest absolute Gasteiger partial charge is 0.493 e. The molecule has 1 aliphatic rings. The summed E-state index contributed by atoms with van der Waals surface area (Å²) in [6, 6.07) is 0.138. The van der Waals surface area contributed by atoms with E-state index in [0.717, 1.165) is 25.9 Å². The molecule has 4 nitrogen and oxygen atoms in total. The molecule has 0 saturated carbocycles. The lowest BCUT2D eigenvalue weighted by molar-refractivity contribution is 0.177. The van der Waals surface area contributed by atoms with Crippen LogP contribution in [0.2, 0.25) is 0 Å². The average molecular weight is 255 g/mol. The lowest BCUT2D eigenvalue weighted by Crippen LogP contribution is -2.33. The third kappa shape index (κ3) is 2.51. The minimum absolute atomic E-state index is 0.0156. The fourth-order valence-electron chi connectivity index (χ4n) is 2.54. The topological polar surface area (TPSA) is 39.1 Å². The van der Waals surface area contributed by atoms with Gasteiger partial charge in [0.15, 0.2) is 5.75 Å². The molecule has 18 heavy (non-hydrogen) atoms. The van der Waals surface area contributed by atoms with Gasteiger partial charge >= 0.3 is 0 Å². The van der Waals surface area contributed by atoms with Crippen LogP contribution < -0.4 is 10.1 Å². The lowest BCUT2D eigenvalue weighted by Gasteiger charge is -2.27. The fraction of sp³-hybridized carbons (Fsp3) is 0.769. The van der Waals surface area contributed by atoms with Crippen LogP contribution in [0.3, 0.4) is 0 Å².